The predicted molar refractivity (Wildman–Crippen MR) is 80.0 cm³/mol. The van der Waals surface area contributed by atoms with Crippen LogP contribution in [0.4, 0.5) is 14.6 Å². The molecule has 1 aromatic rings. The van der Waals surface area contributed by atoms with Gasteiger partial charge in [-0.2, -0.15) is 0 Å². The Morgan fingerprint density at radius 2 is 2.32 bits per heavy atom. The van der Waals surface area contributed by atoms with Gasteiger partial charge >= 0.3 is 0 Å². The number of anilines is 1. The summed E-state index contributed by atoms with van der Waals surface area (Å²) in [6, 6.07) is 1.41. The van der Waals surface area contributed by atoms with Gasteiger partial charge in [0, 0.05) is 18.4 Å². The SMILES string of the molecule is CC(=O)CCCOC1=CC(c2cc(N)ncc2F)=CCC1F. The van der Waals surface area contributed by atoms with Gasteiger partial charge in [-0.3, -0.25) is 0 Å². The lowest BCUT2D eigenvalue weighted by molar-refractivity contribution is -0.117. The van der Waals surface area contributed by atoms with Crippen LogP contribution in [0.1, 0.15) is 31.7 Å². The van der Waals surface area contributed by atoms with Gasteiger partial charge in [0.15, 0.2) is 6.17 Å². The second-order valence-corrected chi connectivity index (χ2v) is 5.15. The van der Waals surface area contributed by atoms with E-state index in [-0.39, 0.29) is 36.0 Å². The van der Waals surface area contributed by atoms with Crippen molar-refractivity contribution < 1.29 is 18.3 Å². The average molecular weight is 308 g/mol. The van der Waals surface area contributed by atoms with E-state index in [2.05, 4.69) is 4.98 Å². The Hall–Kier alpha value is -2.24. The molecule has 0 radical (unpaired) electrons. The van der Waals surface area contributed by atoms with E-state index in [1.54, 1.807) is 6.08 Å². The highest BCUT2D eigenvalue weighted by Crippen LogP contribution is 2.29. The molecule has 118 valence electrons. The Kier molecular flexibility index (Phi) is 5.25. The van der Waals surface area contributed by atoms with Crippen LogP contribution in [0.25, 0.3) is 5.57 Å². The molecule has 4 nitrogen and oxygen atoms in total. The number of hydrogen-bond donors (Lipinski definition) is 1. The van der Waals surface area contributed by atoms with Gasteiger partial charge in [0.1, 0.15) is 23.2 Å². The Morgan fingerprint density at radius 1 is 1.55 bits per heavy atom. The van der Waals surface area contributed by atoms with Gasteiger partial charge in [0.05, 0.1) is 12.8 Å². The highest BCUT2D eigenvalue weighted by atomic mass is 19.1. The maximum absolute atomic E-state index is 13.9. The fourth-order valence-electron chi connectivity index (χ4n) is 2.16. The molecule has 2 N–H and O–H groups in total. The third kappa shape index (κ3) is 4.13. The number of Topliss-reactive ketones (excluding diaryl/α,β-unsaturated/α-hetero) is 1. The van der Waals surface area contributed by atoms with Crippen molar-refractivity contribution in [1.82, 2.24) is 4.98 Å². The molecule has 0 aromatic carbocycles. The summed E-state index contributed by atoms with van der Waals surface area (Å²) < 4.78 is 33.1. The number of alkyl halides is 1. The number of carbonyl (C=O) groups excluding carboxylic acids is 1. The smallest absolute Gasteiger partial charge is 0.160 e. The number of nitrogens with two attached hydrogens (primary N) is 1. The van der Waals surface area contributed by atoms with Gasteiger partial charge < -0.3 is 15.3 Å². The van der Waals surface area contributed by atoms with E-state index in [0.29, 0.717) is 18.4 Å². The van der Waals surface area contributed by atoms with Gasteiger partial charge in [-0.1, -0.05) is 6.08 Å². The third-order valence-electron chi connectivity index (χ3n) is 3.28. The summed E-state index contributed by atoms with van der Waals surface area (Å²) in [5, 5.41) is 0. The fourth-order valence-corrected chi connectivity index (χ4v) is 2.16. The molecule has 0 saturated heterocycles. The minimum Gasteiger partial charge on any atom is -0.495 e. The third-order valence-corrected chi connectivity index (χ3v) is 3.28. The van der Waals surface area contributed by atoms with Crippen molar-refractivity contribution in [3.8, 4) is 0 Å². The molecule has 1 unspecified atom stereocenters. The number of allylic oxidation sites excluding steroid dienone is 4. The highest BCUT2D eigenvalue weighted by Gasteiger charge is 2.21. The first-order chi connectivity index (χ1) is 10.5. The number of nitrogens with zero attached hydrogens (tertiary/aromatic N) is 1. The molecule has 22 heavy (non-hydrogen) atoms. The zero-order valence-electron chi connectivity index (χ0n) is 12.3. The maximum atomic E-state index is 13.9. The molecule has 0 saturated carbocycles. The quantitative estimate of drug-likeness (QED) is 0.820. The zero-order chi connectivity index (χ0) is 16.1. The molecule has 1 aliphatic carbocycles. The van der Waals surface area contributed by atoms with Gasteiger partial charge in [-0.15, -0.1) is 0 Å². The lowest BCUT2D eigenvalue weighted by atomic mass is 9.98. The van der Waals surface area contributed by atoms with E-state index in [9.17, 15) is 13.6 Å². The first-order valence-corrected chi connectivity index (χ1v) is 7.07. The number of aromatic nitrogens is 1. The Morgan fingerprint density at radius 3 is 3.05 bits per heavy atom. The number of halogens is 2. The summed E-state index contributed by atoms with van der Waals surface area (Å²) in [5.74, 6) is -0.120. The van der Waals surface area contributed by atoms with E-state index in [1.807, 2.05) is 0 Å². The molecular formula is C16H18F2N2O2. The Bertz CT molecular complexity index is 627. The van der Waals surface area contributed by atoms with E-state index in [0.717, 1.165) is 6.20 Å². The van der Waals surface area contributed by atoms with E-state index in [1.165, 1.54) is 19.1 Å². The molecular weight excluding hydrogens is 290 g/mol. The number of ether oxygens (including phenoxy) is 1. The molecule has 0 spiro atoms. The second kappa shape index (κ2) is 7.15. The first-order valence-electron chi connectivity index (χ1n) is 7.07. The molecule has 1 aromatic heterocycles. The van der Waals surface area contributed by atoms with Gasteiger partial charge in [-0.25, -0.2) is 13.8 Å². The monoisotopic (exact) mass is 308 g/mol. The van der Waals surface area contributed by atoms with Crippen LogP contribution >= 0.6 is 0 Å². The normalized spacial score (nSPS) is 17.7. The van der Waals surface area contributed by atoms with Crippen LogP contribution < -0.4 is 5.73 Å². The van der Waals surface area contributed by atoms with E-state index in [4.69, 9.17) is 10.5 Å². The number of pyridine rings is 1. The van der Waals surface area contributed by atoms with Crippen LogP contribution in [0.3, 0.4) is 0 Å². The molecule has 0 bridgehead atoms. The van der Waals surface area contributed by atoms with Gasteiger partial charge in [-0.05, 0) is 31.1 Å². The second-order valence-electron chi connectivity index (χ2n) is 5.15. The van der Waals surface area contributed by atoms with Crippen molar-refractivity contribution >= 4 is 17.2 Å². The van der Waals surface area contributed by atoms with Gasteiger partial charge in [0.2, 0.25) is 0 Å². The number of ketones is 1. The number of carbonyl (C=O) groups is 1. The average Bonchev–Trinajstić information content (AvgIpc) is 2.47. The largest absolute Gasteiger partial charge is 0.495 e. The summed E-state index contributed by atoms with van der Waals surface area (Å²) in [6.45, 7) is 1.75. The minimum atomic E-state index is -1.26. The summed E-state index contributed by atoms with van der Waals surface area (Å²) >= 11 is 0. The van der Waals surface area contributed by atoms with Crippen molar-refractivity contribution in [3.63, 3.8) is 0 Å². The molecule has 1 atom stereocenters. The lowest BCUT2D eigenvalue weighted by Crippen LogP contribution is -2.12. The van der Waals surface area contributed by atoms with Crippen molar-refractivity contribution in [2.75, 3.05) is 12.3 Å². The molecule has 1 heterocycles. The van der Waals surface area contributed by atoms with Crippen molar-refractivity contribution in [2.45, 2.75) is 32.4 Å². The van der Waals surface area contributed by atoms with Crippen LogP contribution in [-0.2, 0) is 9.53 Å². The Labute approximate surface area is 127 Å². The maximum Gasteiger partial charge on any atom is 0.160 e. The zero-order valence-corrected chi connectivity index (χ0v) is 12.3. The van der Waals surface area contributed by atoms with E-state index < -0.39 is 12.0 Å². The summed E-state index contributed by atoms with van der Waals surface area (Å²) in [6.07, 6.45) is 3.87. The van der Waals surface area contributed by atoms with Crippen LogP contribution in [0.2, 0.25) is 0 Å². The lowest BCUT2D eigenvalue weighted by Gasteiger charge is -2.19. The molecule has 1 aliphatic rings. The van der Waals surface area contributed by atoms with Crippen LogP contribution in [0, 0.1) is 5.82 Å². The molecule has 6 heteroatoms. The highest BCUT2D eigenvalue weighted by molar-refractivity contribution is 5.77. The summed E-state index contributed by atoms with van der Waals surface area (Å²) in [7, 11) is 0. The molecule has 0 amide bonds. The van der Waals surface area contributed by atoms with Crippen LogP contribution in [-0.4, -0.2) is 23.5 Å². The minimum absolute atomic E-state index is 0.0629. The summed E-state index contributed by atoms with van der Waals surface area (Å²) in [5.41, 5.74) is 6.34. The predicted octanol–water partition coefficient (Wildman–Crippen LogP) is 3.20. The standard InChI is InChI=1S/C16H18F2N2O2/c1-10(21)3-2-6-22-15-7-11(4-5-13(15)17)12-8-16(19)20-9-14(12)18/h4,7-9,13H,2-3,5-6H2,1H3,(H2,19,20). The molecule has 0 aliphatic heterocycles. The number of nitrogen functional groups attached to an aromatic ring is 1. The Balaban J connectivity index is 2.10. The molecule has 2 rings (SSSR count). The number of rotatable bonds is 6. The molecule has 0 fully saturated rings. The summed E-state index contributed by atoms with van der Waals surface area (Å²) in [4.78, 5) is 14.5. The first kappa shape index (κ1) is 16.1. The van der Waals surface area contributed by atoms with Crippen LogP contribution in [0.5, 0.6) is 0 Å². The van der Waals surface area contributed by atoms with E-state index >= 15 is 0 Å². The fraction of sp³-hybridized carbons (Fsp3) is 0.375. The van der Waals surface area contributed by atoms with Crippen molar-refractivity contribution in [1.29, 1.82) is 0 Å². The van der Waals surface area contributed by atoms with Crippen LogP contribution in [0.15, 0.2) is 30.2 Å². The topological polar surface area (TPSA) is 65.2 Å². The van der Waals surface area contributed by atoms with Crippen molar-refractivity contribution in [2.24, 2.45) is 0 Å². The van der Waals surface area contributed by atoms with Gasteiger partial charge in [0.25, 0.3) is 0 Å². The number of hydrogen-bond acceptors (Lipinski definition) is 4. The van der Waals surface area contributed by atoms with Crippen molar-refractivity contribution in [3.05, 3.63) is 41.6 Å².